The van der Waals surface area contributed by atoms with Crippen molar-refractivity contribution < 1.29 is 17.9 Å². The summed E-state index contributed by atoms with van der Waals surface area (Å²) < 4.78 is 39.7. The minimum Gasteiger partial charge on any atom is -0.493 e. The number of ether oxygens (including phenoxy) is 2. The molecule has 0 amide bonds. The molecule has 0 aromatic heterocycles. The smallest absolute Gasteiger partial charge is 0.247 e. The summed E-state index contributed by atoms with van der Waals surface area (Å²) in [6, 6.07) is 22.3. The van der Waals surface area contributed by atoms with Gasteiger partial charge in [-0.2, -0.15) is 4.31 Å². The summed E-state index contributed by atoms with van der Waals surface area (Å²) in [4.78, 5) is 0.274. The van der Waals surface area contributed by atoms with Crippen LogP contribution in [0.15, 0.2) is 77.7 Å². The molecule has 1 unspecified atom stereocenters. The second-order valence-electron chi connectivity index (χ2n) is 6.98. The number of hydrogen-bond donors (Lipinski definition) is 1. The summed E-state index contributed by atoms with van der Waals surface area (Å²) >= 11 is 0. The van der Waals surface area contributed by atoms with Gasteiger partial charge in [-0.25, -0.2) is 8.42 Å². The average Bonchev–Trinajstić information content (AvgIpc) is 2.78. The minimum absolute atomic E-state index is 0.274. The number of para-hydroxylation sites is 2. The standard InChI is InChI=1S/C23H24N2O4S/c1-28-20-13-8-11-18(22(20)29-2)23-24-19-12-6-7-14-21(19)30(26,27)25(23)16-15-17-9-4-3-5-10-17/h3-14,23-24H,15-16H2,1-2H3. The van der Waals surface area contributed by atoms with Crippen molar-refractivity contribution in [2.45, 2.75) is 17.5 Å². The lowest BCUT2D eigenvalue weighted by Gasteiger charge is -2.38. The highest BCUT2D eigenvalue weighted by Crippen LogP contribution is 2.43. The molecular weight excluding hydrogens is 400 g/mol. The van der Waals surface area contributed by atoms with E-state index < -0.39 is 16.2 Å². The highest BCUT2D eigenvalue weighted by molar-refractivity contribution is 7.89. The van der Waals surface area contributed by atoms with E-state index in [1.165, 1.54) is 4.31 Å². The van der Waals surface area contributed by atoms with Gasteiger partial charge in [0.05, 0.1) is 19.9 Å². The fourth-order valence-corrected chi connectivity index (χ4v) is 5.47. The van der Waals surface area contributed by atoms with Crippen molar-refractivity contribution in [2.75, 3.05) is 26.1 Å². The number of rotatable bonds is 6. The predicted octanol–water partition coefficient (Wildman–Crippen LogP) is 4.06. The van der Waals surface area contributed by atoms with Crippen LogP contribution in [0.4, 0.5) is 5.69 Å². The Kier molecular flexibility index (Phi) is 5.65. The molecule has 1 atom stereocenters. The molecule has 6 nitrogen and oxygen atoms in total. The number of nitrogens with one attached hydrogen (secondary N) is 1. The molecule has 0 radical (unpaired) electrons. The summed E-state index contributed by atoms with van der Waals surface area (Å²) in [6.07, 6.45) is -0.0363. The van der Waals surface area contributed by atoms with Crippen molar-refractivity contribution in [3.8, 4) is 11.5 Å². The van der Waals surface area contributed by atoms with Gasteiger partial charge >= 0.3 is 0 Å². The van der Waals surface area contributed by atoms with Crippen molar-refractivity contribution in [3.63, 3.8) is 0 Å². The summed E-state index contributed by atoms with van der Waals surface area (Å²) in [7, 11) is -0.599. The number of sulfonamides is 1. The molecule has 30 heavy (non-hydrogen) atoms. The largest absolute Gasteiger partial charge is 0.493 e. The van der Waals surface area contributed by atoms with E-state index >= 15 is 0 Å². The first-order chi connectivity index (χ1) is 14.6. The molecule has 4 rings (SSSR count). The van der Waals surface area contributed by atoms with E-state index in [1.54, 1.807) is 38.5 Å². The first-order valence-electron chi connectivity index (χ1n) is 9.68. The monoisotopic (exact) mass is 424 g/mol. The van der Waals surface area contributed by atoms with Crippen LogP contribution < -0.4 is 14.8 Å². The molecule has 1 N–H and O–H groups in total. The average molecular weight is 425 g/mol. The third kappa shape index (κ3) is 3.62. The molecule has 0 spiro atoms. The fourth-order valence-electron chi connectivity index (χ4n) is 3.79. The van der Waals surface area contributed by atoms with E-state index in [-0.39, 0.29) is 4.90 Å². The quantitative estimate of drug-likeness (QED) is 0.646. The lowest BCUT2D eigenvalue weighted by atomic mass is 10.1. The van der Waals surface area contributed by atoms with Crippen LogP contribution in [0.1, 0.15) is 17.3 Å². The van der Waals surface area contributed by atoms with Gasteiger partial charge in [-0.05, 0) is 30.2 Å². The van der Waals surface area contributed by atoms with E-state index in [9.17, 15) is 8.42 Å². The van der Waals surface area contributed by atoms with Crippen molar-refractivity contribution in [2.24, 2.45) is 0 Å². The molecule has 1 aliphatic heterocycles. The van der Waals surface area contributed by atoms with E-state index in [2.05, 4.69) is 5.32 Å². The Morgan fingerprint density at radius 2 is 1.63 bits per heavy atom. The molecule has 7 heteroatoms. The summed E-state index contributed by atoms with van der Waals surface area (Å²) in [6.45, 7) is 0.318. The van der Waals surface area contributed by atoms with Crippen LogP contribution in [0.3, 0.4) is 0 Å². The van der Waals surface area contributed by atoms with Crippen molar-refractivity contribution >= 4 is 15.7 Å². The lowest BCUT2D eigenvalue weighted by Crippen LogP contribution is -2.43. The highest BCUT2D eigenvalue weighted by atomic mass is 32.2. The number of nitrogens with zero attached hydrogens (tertiary/aromatic N) is 1. The number of hydrogen-bond acceptors (Lipinski definition) is 5. The van der Waals surface area contributed by atoms with Crippen molar-refractivity contribution in [1.29, 1.82) is 0 Å². The van der Waals surface area contributed by atoms with E-state index in [4.69, 9.17) is 9.47 Å². The van der Waals surface area contributed by atoms with Gasteiger partial charge in [0.1, 0.15) is 11.1 Å². The fraction of sp³-hybridized carbons (Fsp3) is 0.217. The second-order valence-corrected chi connectivity index (χ2v) is 8.84. The molecule has 0 saturated carbocycles. The van der Waals surface area contributed by atoms with Crippen LogP contribution in [0.2, 0.25) is 0 Å². The maximum absolute atomic E-state index is 13.6. The molecule has 0 fully saturated rings. The first-order valence-corrected chi connectivity index (χ1v) is 11.1. The minimum atomic E-state index is -3.72. The van der Waals surface area contributed by atoms with Gasteiger partial charge < -0.3 is 14.8 Å². The van der Waals surface area contributed by atoms with Gasteiger partial charge in [0.2, 0.25) is 10.0 Å². The number of benzene rings is 3. The van der Waals surface area contributed by atoms with Crippen LogP contribution in [0.25, 0.3) is 0 Å². The van der Waals surface area contributed by atoms with E-state index in [0.29, 0.717) is 35.7 Å². The number of anilines is 1. The Balaban J connectivity index is 1.81. The Morgan fingerprint density at radius 3 is 2.37 bits per heavy atom. The van der Waals surface area contributed by atoms with Crippen LogP contribution in [0.5, 0.6) is 11.5 Å². The van der Waals surface area contributed by atoms with Crippen LogP contribution in [-0.4, -0.2) is 33.5 Å². The zero-order valence-electron chi connectivity index (χ0n) is 16.9. The Hall–Kier alpha value is -3.03. The van der Waals surface area contributed by atoms with Crippen LogP contribution >= 0.6 is 0 Å². The SMILES string of the molecule is COc1cccc(C2Nc3ccccc3S(=O)(=O)N2CCc2ccccc2)c1OC. The van der Waals surface area contributed by atoms with Crippen molar-refractivity contribution in [1.82, 2.24) is 4.31 Å². The molecule has 0 aliphatic carbocycles. The molecule has 0 saturated heterocycles. The molecule has 3 aromatic rings. The maximum Gasteiger partial charge on any atom is 0.247 e. The van der Waals surface area contributed by atoms with E-state index in [1.807, 2.05) is 48.5 Å². The Labute approximate surface area is 177 Å². The van der Waals surface area contributed by atoms with Gasteiger partial charge in [-0.1, -0.05) is 54.6 Å². The molecule has 156 valence electrons. The molecule has 3 aromatic carbocycles. The Bertz CT molecular complexity index is 1130. The normalized spacial score (nSPS) is 17.6. The first kappa shape index (κ1) is 20.3. The van der Waals surface area contributed by atoms with Gasteiger partial charge in [0, 0.05) is 12.1 Å². The predicted molar refractivity (Wildman–Crippen MR) is 116 cm³/mol. The van der Waals surface area contributed by atoms with Gasteiger partial charge in [0.15, 0.2) is 11.5 Å². The molecule has 0 bridgehead atoms. The van der Waals surface area contributed by atoms with Gasteiger partial charge in [-0.3, -0.25) is 0 Å². The number of methoxy groups -OCH3 is 2. The maximum atomic E-state index is 13.6. The number of fused-ring (bicyclic) bond motifs is 1. The topological polar surface area (TPSA) is 67.9 Å². The Morgan fingerprint density at radius 1 is 0.900 bits per heavy atom. The zero-order valence-corrected chi connectivity index (χ0v) is 17.7. The molecule has 1 aliphatic rings. The summed E-state index contributed by atoms with van der Waals surface area (Å²) in [5.74, 6) is 1.06. The van der Waals surface area contributed by atoms with Crippen LogP contribution in [-0.2, 0) is 16.4 Å². The highest BCUT2D eigenvalue weighted by Gasteiger charge is 2.40. The van der Waals surface area contributed by atoms with Gasteiger partial charge in [-0.15, -0.1) is 0 Å². The second kappa shape index (κ2) is 8.38. The molecule has 1 heterocycles. The van der Waals surface area contributed by atoms with Crippen LogP contribution in [0, 0.1) is 0 Å². The van der Waals surface area contributed by atoms with Gasteiger partial charge in [0.25, 0.3) is 0 Å². The van der Waals surface area contributed by atoms with E-state index in [0.717, 1.165) is 5.56 Å². The van der Waals surface area contributed by atoms with Crippen molar-refractivity contribution in [3.05, 3.63) is 83.9 Å². The summed E-state index contributed by atoms with van der Waals surface area (Å²) in [5.41, 5.74) is 2.34. The lowest BCUT2D eigenvalue weighted by molar-refractivity contribution is 0.318. The third-order valence-electron chi connectivity index (χ3n) is 5.25. The molecular formula is C23H24N2O4S. The third-order valence-corrected chi connectivity index (χ3v) is 7.17. The summed E-state index contributed by atoms with van der Waals surface area (Å²) in [5, 5.41) is 3.39. The zero-order chi connectivity index (χ0) is 21.1.